The third kappa shape index (κ3) is 5.04. The summed E-state index contributed by atoms with van der Waals surface area (Å²) in [5, 5.41) is 2.82. The Kier molecular flexibility index (Phi) is 6.28. The fourth-order valence-corrected chi connectivity index (χ4v) is 3.10. The van der Waals surface area contributed by atoms with Gasteiger partial charge < -0.3 is 5.32 Å². The molecule has 0 heterocycles. The molecule has 0 aromatic heterocycles. The quantitative estimate of drug-likeness (QED) is 0.720. The number of carbonyl (C=O) groups excluding carboxylic acids is 1. The molecule has 0 aliphatic rings. The third-order valence-electron chi connectivity index (χ3n) is 3.39. The van der Waals surface area contributed by atoms with Gasteiger partial charge in [-0.1, -0.05) is 36.4 Å². The average Bonchev–Trinajstić information content (AvgIpc) is 2.61. The number of amides is 1. The van der Waals surface area contributed by atoms with E-state index in [-0.39, 0.29) is 17.3 Å². The average molecular weight is 344 g/mol. The second-order valence-electron chi connectivity index (χ2n) is 5.16. The molecule has 0 saturated carbocycles. The van der Waals surface area contributed by atoms with Crippen molar-refractivity contribution in [2.24, 2.45) is 0 Å². The first kappa shape index (κ1) is 17.9. The van der Waals surface area contributed by atoms with Crippen molar-refractivity contribution in [3.05, 3.63) is 78.4 Å². The molecule has 0 aliphatic carbocycles. The molecule has 0 spiro atoms. The first-order valence-corrected chi connectivity index (χ1v) is 9.04. The van der Waals surface area contributed by atoms with E-state index in [4.69, 9.17) is 0 Å². The van der Waals surface area contributed by atoms with E-state index in [1.54, 1.807) is 0 Å². The molecule has 1 amide bonds. The van der Waals surface area contributed by atoms with E-state index in [0.29, 0.717) is 12.1 Å². The largest absolute Gasteiger partial charge is 0.352 e. The van der Waals surface area contributed by atoms with E-state index in [1.807, 2.05) is 30.3 Å². The van der Waals surface area contributed by atoms with Gasteiger partial charge in [-0.25, -0.2) is 13.1 Å². The lowest BCUT2D eigenvalue weighted by Crippen LogP contribution is -2.26. The Hall–Kier alpha value is -2.44. The minimum Gasteiger partial charge on any atom is -0.352 e. The molecule has 0 aliphatic heterocycles. The Morgan fingerprint density at radius 1 is 1.04 bits per heavy atom. The molecule has 2 aromatic rings. The number of hydrogen-bond donors (Lipinski definition) is 2. The van der Waals surface area contributed by atoms with Crippen LogP contribution in [0.5, 0.6) is 0 Å². The van der Waals surface area contributed by atoms with Crippen molar-refractivity contribution in [3.63, 3.8) is 0 Å². The Balaban J connectivity index is 1.92. The summed E-state index contributed by atoms with van der Waals surface area (Å²) >= 11 is 0. The van der Waals surface area contributed by atoms with E-state index >= 15 is 0 Å². The Morgan fingerprint density at radius 3 is 2.33 bits per heavy atom. The monoisotopic (exact) mass is 344 g/mol. The molecule has 2 aromatic carbocycles. The maximum Gasteiger partial charge on any atom is 0.251 e. The Bertz CT molecular complexity index is 785. The van der Waals surface area contributed by atoms with Crippen LogP contribution in [-0.4, -0.2) is 27.4 Å². The standard InChI is InChI=1S/C18H20N2O3S/c1-2-13-20-24(22,23)17-10-8-16(9-11-17)18(21)19-14-12-15-6-4-3-5-7-15/h2-11,20H,1,12-14H2,(H,19,21). The molecular weight excluding hydrogens is 324 g/mol. The summed E-state index contributed by atoms with van der Waals surface area (Å²) in [5.74, 6) is -0.228. The van der Waals surface area contributed by atoms with Gasteiger partial charge in [-0.3, -0.25) is 4.79 Å². The van der Waals surface area contributed by atoms with Gasteiger partial charge in [0, 0.05) is 18.7 Å². The fourth-order valence-electron chi connectivity index (χ4n) is 2.10. The Morgan fingerprint density at radius 2 is 1.71 bits per heavy atom. The molecule has 0 unspecified atom stereocenters. The third-order valence-corrected chi connectivity index (χ3v) is 4.83. The van der Waals surface area contributed by atoms with Crippen molar-refractivity contribution in [1.29, 1.82) is 0 Å². The summed E-state index contributed by atoms with van der Waals surface area (Å²) in [6.07, 6.45) is 2.20. The van der Waals surface area contributed by atoms with Gasteiger partial charge in [0.25, 0.3) is 5.91 Å². The second kappa shape index (κ2) is 8.42. The molecule has 0 radical (unpaired) electrons. The predicted octanol–water partition coefficient (Wildman–Crippen LogP) is 2.12. The number of sulfonamides is 1. The van der Waals surface area contributed by atoms with Crippen LogP contribution in [0.4, 0.5) is 0 Å². The Labute approximate surface area is 142 Å². The highest BCUT2D eigenvalue weighted by Gasteiger charge is 2.13. The van der Waals surface area contributed by atoms with Crippen molar-refractivity contribution < 1.29 is 13.2 Å². The van der Waals surface area contributed by atoms with Gasteiger partial charge in [0.05, 0.1) is 4.90 Å². The summed E-state index contributed by atoms with van der Waals surface area (Å²) in [6, 6.07) is 15.7. The van der Waals surface area contributed by atoms with Crippen LogP contribution in [0.25, 0.3) is 0 Å². The lowest BCUT2D eigenvalue weighted by atomic mass is 10.1. The number of carbonyl (C=O) groups is 1. The zero-order valence-electron chi connectivity index (χ0n) is 13.2. The molecule has 2 N–H and O–H groups in total. The van der Waals surface area contributed by atoms with Crippen molar-refractivity contribution in [2.45, 2.75) is 11.3 Å². The van der Waals surface area contributed by atoms with Crippen LogP contribution in [-0.2, 0) is 16.4 Å². The highest BCUT2D eigenvalue weighted by atomic mass is 32.2. The van der Waals surface area contributed by atoms with Gasteiger partial charge in [0.15, 0.2) is 0 Å². The van der Waals surface area contributed by atoms with Crippen molar-refractivity contribution >= 4 is 15.9 Å². The van der Waals surface area contributed by atoms with Gasteiger partial charge in [0.1, 0.15) is 0 Å². The molecule has 2 rings (SSSR count). The number of rotatable bonds is 8. The molecule has 24 heavy (non-hydrogen) atoms. The highest BCUT2D eigenvalue weighted by molar-refractivity contribution is 7.89. The van der Waals surface area contributed by atoms with Gasteiger partial charge in [-0.2, -0.15) is 0 Å². The lowest BCUT2D eigenvalue weighted by molar-refractivity contribution is 0.0954. The van der Waals surface area contributed by atoms with Gasteiger partial charge in [-0.05, 0) is 36.2 Å². The second-order valence-corrected chi connectivity index (χ2v) is 6.92. The minimum absolute atomic E-state index is 0.116. The van der Waals surface area contributed by atoms with E-state index in [0.717, 1.165) is 12.0 Å². The molecule has 6 heteroatoms. The SMILES string of the molecule is C=CCNS(=O)(=O)c1ccc(C(=O)NCCc2ccccc2)cc1. The van der Waals surface area contributed by atoms with E-state index < -0.39 is 10.0 Å². The van der Waals surface area contributed by atoms with E-state index in [1.165, 1.54) is 30.3 Å². The first-order chi connectivity index (χ1) is 11.5. The molecule has 0 atom stereocenters. The van der Waals surface area contributed by atoms with Crippen molar-refractivity contribution in [3.8, 4) is 0 Å². The van der Waals surface area contributed by atoms with Crippen LogP contribution < -0.4 is 10.0 Å². The minimum atomic E-state index is -3.57. The van der Waals surface area contributed by atoms with Crippen LogP contribution in [0.3, 0.4) is 0 Å². The molecule has 0 bridgehead atoms. The number of nitrogens with one attached hydrogen (secondary N) is 2. The summed E-state index contributed by atoms with van der Waals surface area (Å²) in [6.45, 7) is 4.14. The van der Waals surface area contributed by atoms with Crippen molar-refractivity contribution in [2.75, 3.05) is 13.1 Å². The van der Waals surface area contributed by atoms with E-state index in [2.05, 4.69) is 16.6 Å². The van der Waals surface area contributed by atoms with Crippen LogP contribution >= 0.6 is 0 Å². The van der Waals surface area contributed by atoms with E-state index in [9.17, 15) is 13.2 Å². The summed E-state index contributed by atoms with van der Waals surface area (Å²) in [7, 11) is -3.57. The number of benzene rings is 2. The van der Waals surface area contributed by atoms with Crippen molar-refractivity contribution in [1.82, 2.24) is 10.0 Å². The summed E-state index contributed by atoms with van der Waals surface area (Å²) in [4.78, 5) is 12.2. The van der Waals surface area contributed by atoms with Crippen LogP contribution in [0.1, 0.15) is 15.9 Å². The van der Waals surface area contributed by atoms with Crippen LogP contribution in [0.15, 0.2) is 72.1 Å². The molecule has 5 nitrogen and oxygen atoms in total. The maximum atomic E-state index is 12.1. The molecule has 126 valence electrons. The fraction of sp³-hybridized carbons (Fsp3) is 0.167. The normalized spacial score (nSPS) is 11.0. The number of hydrogen-bond acceptors (Lipinski definition) is 3. The topological polar surface area (TPSA) is 75.3 Å². The first-order valence-electron chi connectivity index (χ1n) is 7.55. The molecule has 0 fully saturated rings. The van der Waals surface area contributed by atoms with Gasteiger partial charge in [0.2, 0.25) is 10.0 Å². The molecule has 0 saturated heterocycles. The maximum absolute atomic E-state index is 12.1. The van der Waals surface area contributed by atoms with Gasteiger partial charge in [-0.15, -0.1) is 6.58 Å². The molecular formula is C18H20N2O3S. The lowest BCUT2D eigenvalue weighted by Gasteiger charge is -2.07. The van der Waals surface area contributed by atoms with Crippen LogP contribution in [0, 0.1) is 0 Å². The summed E-state index contributed by atoms with van der Waals surface area (Å²) in [5.41, 5.74) is 1.57. The summed E-state index contributed by atoms with van der Waals surface area (Å²) < 4.78 is 26.3. The zero-order chi connectivity index (χ0) is 17.4. The predicted molar refractivity (Wildman–Crippen MR) is 94.3 cm³/mol. The van der Waals surface area contributed by atoms with Gasteiger partial charge >= 0.3 is 0 Å². The highest BCUT2D eigenvalue weighted by Crippen LogP contribution is 2.10. The smallest absolute Gasteiger partial charge is 0.251 e. The van der Waals surface area contributed by atoms with Crippen LogP contribution in [0.2, 0.25) is 0 Å². The zero-order valence-corrected chi connectivity index (χ0v) is 14.1.